The van der Waals surface area contributed by atoms with Crippen molar-refractivity contribution in [3.8, 4) is 0 Å². The lowest BCUT2D eigenvalue weighted by molar-refractivity contribution is -0.137. The predicted octanol–water partition coefficient (Wildman–Crippen LogP) is 3.91. The summed E-state index contributed by atoms with van der Waals surface area (Å²) in [6.45, 7) is 0.309. The van der Waals surface area contributed by atoms with Crippen molar-refractivity contribution in [2.24, 2.45) is 0 Å². The second-order valence-corrected chi connectivity index (χ2v) is 6.80. The summed E-state index contributed by atoms with van der Waals surface area (Å²) >= 11 is 0. The molecule has 3 aromatic rings. The molecule has 2 aromatic carbocycles. The van der Waals surface area contributed by atoms with Crippen molar-refractivity contribution in [1.82, 2.24) is 9.97 Å². The zero-order valence-electron chi connectivity index (χ0n) is 15.5. The number of halogens is 4. The van der Waals surface area contributed by atoms with Crippen molar-refractivity contribution in [3.05, 3.63) is 70.8 Å². The van der Waals surface area contributed by atoms with Gasteiger partial charge in [0.2, 0.25) is 0 Å². The zero-order valence-corrected chi connectivity index (χ0v) is 15.5. The first kappa shape index (κ1) is 19.6. The first-order valence-electron chi connectivity index (χ1n) is 8.89. The van der Waals surface area contributed by atoms with Crippen molar-refractivity contribution in [2.45, 2.75) is 12.6 Å². The lowest BCUT2D eigenvalue weighted by Crippen LogP contribution is -2.16. The standard InChI is InChI=1S/C20H16F4N6/c21-13-3-2-12(20(22,23)24)8-15(13)30-6-5-10-7-11(1-4-14(10)30)17(25)16-18(26)28-9-29-19(16)27/h1-4,7-9,25H,5-6H2,(H4,26,27,28,29). The maximum absolute atomic E-state index is 14.3. The highest BCUT2D eigenvalue weighted by Gasteiger charge is 2.33. The molecule has 1 aliphatic heterocycles. The number of anilines is 4. The average Bonchev–Trinajstić information content (AvgIpc) is 3.10. The number of aromatic nitrogens is 2. The smallest absolute Gasteiger partial charge is 0.383 e. The topological polar surface area (TPSA) is 105 Å². The fourth-order valence-corrected chi connectivity index (χ4v) is 3.52. The minimum atomic E-state index is -4.57. The molecule has 154 valence electrons. The fraction of sp³-hybridized carbons (Fsp3) is 0.150. The molecule has 0 aliphatic carbocycles. The molecule has 0 unspecified atom stereocenters. The molecule has 0 atom stereocenters. The van der Waals surface area contributed by atoms with Gasteiger partial charge in [-0.1, -0.05) is 6.07 Å². The lowest BCUT2D eigenvalue weighted by Gasteiger charge is -2.22. The molecule has 6 nitrogen and oxygen atoms in total. The average molecular weight is 416 g/mol. The van der Waals surface area contributed by atoms with Crippen molar-refractivity contribution in [1.29, 1.82) is 5.41 Å². The molecular formula is C20H16F4N6. The first-order chi connectivity index (χ1) is 14.2. The minimum Gasteiger partial charge on any atom is -0.383 e. The Kier molecular flexibility index (Phi) is 4.56. The van der Waals surface area contributed by atoms with Gasteiger partial charge in [-0.25, -0.2) is 14.4 Å². The Bertz CT molecular complexity index is 1140. The Balaban J connectivity index is 1.71. The third-order valence-electron chi connectivity index (χ3n) is 4.98. The van der Waals surface area contributed by atoms with Gasteiger partial charge in [-0.3, -0.25) is 5.41 Å². The summed E-state index contributed by atoms with van der Waals surface area (Å²) in [5, 5.41) is 8.42. The van der Waals surface area contributed by atoms with Crippen molar-refractivity contribution in [3.63, 3.8) is 0 Å². The Hall–Kier alpha value is -3.69. The maximum atomic E-state index is 14.3. The number of nitrogen functional groups attached to an aromatic ring is 2. The van der Waals surface area contributed by atoms with E-state index in [4.69, 9.17) is 16.9 Å². The summed E-state index contributed by atoms with van der Waals surface area (Å²) in [4.78, 5) is 9.21. The van der Waals surface area contributed by atoms with E-state index in [-0.39, 0.29) is 28.6 Å². The highest BCUT2D eigenvalue weighted by atomic mass is 19.4. The van der Waals surface area contributed by atoms with Crippen LogP contribution >= 0.6 is 0 Å². The predicted molar refractivity (Wildman–Crippen MR) is 105 cm³/mol. The summed E-state index contributed by atoms with van der Waals surface area (Å²) in [5.74, 6) is -0.601. The maximum Gasteiger partial charge on any atom is 0.416 e. The number of alkyl halides is 3. The Morgan fingerprint density at radius 3 is 2.37 bits per heavy atom. The lowest BCUT2D eigenvalue weighted by atomic mass is 10.00. The van der Waals surface area contributed by atoms with Crippen LogP contribution in [0.15, 0.2) is 42.7 Å². The van der Waals surface area contributed by atoms with E-state index in [1.54, 1.807) is 18.2 Å². The summed E-state index contributed by atoms with van der Waals surface area (Å²) in [7, 11) is 0. The van der Waals surface area contributed by atoms with Gasteiger partial charge >= 0.3 is 6.18 Å². The molecule has 0 fully saturated rings. The number of fused-ring (bicyclic) bond motifs is 1. The quantitative estimate of drug-likeness (QED) is 0.444. The van der Waals surface area contributed by atoms with Gasteiger partial charge in [0.15, 0.2) is 0 Å². The highest BCUT2D eigenvalue weighted by molar-refractivity contribution is 6.16. The molecule has 0 amide bonds. The number of nitrogens with one attached hydrogen (secondary N) is 1. The van der Waals surface area contributed by atoms with Crippen LogP contribution in [0.4, 0.5) is 40.6 Å². The van der Waals surface area contributed by atoms with Crippen LogP contribution in [0.3, 0.4) is 0 Å². The Morgan fingerprint density at radius 2 is 1.70 bits per heavy atom. The summed E-state index contributed by atoms with van der Waals surface area (Å²) < 4.78 is 53.5. The largest absolute Gasteiger partial charge is 0.416 e. The van der Waals surface area contributed by atoms with Gasteiger partial charge in [-0.15, -0.1) is 0 Å². The van der Waals surface area contributed by atoms with Crippen LogP contribution in [0, 0.1) is 11.2 Å². The number of benzene rings is 2. The van der Waals surface area contributed by atoms with Gasteiger partial charge in [0.1, 0.15) is 23.8 Å². The second-order valence-electron chi connectivity index (χ2n) is 6.80. The van der Waals surface area contributed by atoms with E-state index >= 15 is 0 Å². The van der Waals surface area contributed by atoms with E-state index < -0.39 is 17.6 Å². The number of nitrogens with two attached hydrogens (primary N) is 2. The SMILES string of the molecule is N=C(c1ccc2c(c1)CCN2c1cc(C(F)(F)F)ccc1F)c1c(N)ncnc1N. The van der Waals surface area contributed by atoms with Crippen molar-refractivity contribution >= 4 is 28.7 Å². The van der Waals surface area contributed by atoms with E-state index in [9.17, 15) is 17.6 Å². The molecule has 0 radical (unpaired) electrons. The van der Waals surface area contributed by atoms with Crippen molar-refractivity contribution in [2.75, 3.05) is 22.9 Å². The van der Waals surface area contributed by atoms with Crippen LogP contribution in [0.1, 0.15) is 22.3 Å². The van der Waals surface area contributed by atoms with Gasteiger partial charge in [-0.2, -0.15) is 13.2 Å². The molecule has 2 heterocycles. The molecule has 1 aliphatic rings. The number of hydrogen-bond acceptors (Lipinski definition) is 6. The van der Waals surface area contributed by atoms with Crippen molar-refractivity contribution < 1.29 is 17.6 Å². The van der Waals surface area contributed by atoms with E-state index in [2.05, 4.69) is 9.97 Å². The van der Waals surface area contributed by atoms with Gasteiger partial charge < -0.3 is 16.4 Å². The van der Waals surface area contributed by atoms with Crippen LogP contribution in [-0.2, 0) is 12.6 Å². The molecule has 30 heavy (non-hydrogen) atoms. The first-order valence-corrected chi connectivity index (χ1v) is 8.89. The Labute approximate surface area is 168 Å². The summed E-state index contributed by atoms with van der Waals surface area (Å²) in [5.41, 5.74) is 12.7. The zero-order chi connectivity index (χ0) is 21.6. The van der Waals surface area contributed by atoms with E-state index in [1.807, 2.05) is 0 Å². The van der Waals surface area contributed by atoms with Gasteiger partial charge in [0.05, 0.1) is 22.5 Å². The van der Waals surface area contributed by atoms with Gasteiger partial charge in [0.25, 0.3) is 0 Å². The molecule has 10 heteroatoms. The number of hydrogen-bond donors (Lipinski definition) is 3. The molecule has 0 bridgehead atoms. The van der Waals surface area contributed by atoms with Crippen LogP contribution in [-0.4, -0.2) is 22.2 Å². The van der Waals surface area contributed by atoms with Gasteiger partial charge in [0, 0.05) is 17.8 Å². The molecule has 1 aromatic heterocycles. The Morgan fingerprint density at radius 1 is 1.00 bits per heavy atom. The van der Waals surface area contributed by atoms with E-state index in [0.29, 0.717) is 24.2 Å². The highest BCUT2D eigenvalue weighted by Crippen LogP contribution is 2.39. The van der Waals surface area contributed by atoms with Crippen LogP contribution in [0.25, 0.3) is 0 Å². The molecule has 5 N–H and O–H groups in total. The van der Waals surface area contributed by atoms with Crippen LogP contribution in [0.2, 0.25) is 0 Å². The second kappa shape index (κ2) is 6.97. The van der Waals surface area contributed by atoms with E-state index in [0.717, 1.165) is 23.8 Å². The van der Waals surface area contributed by atoms with E-state index in [1.165, 1.54) is 11.2 Å². The molecule has 4 rings (SSSR count). The van der Waals surface area contributed by atoms with Crippen LogP contribution in [0.5, 0.6) is 0 Å². The molecular weight excluding hydrogens is 400 g/mol. The monoisotopic (exact) mass is 416 g/mol. The minimum absolute atomic E-state index is 0.0251. The third kappa shape index (κ3) is 3.30. The molecule has 0 spiro atoms. The summed E-state index contributed by atoms with van der Waals surface area (Å²) in [6.07, 6.45) is -2.89. The molecule has 0 saturated carbocycles. The van der Waals surface area contributed by atoms with Gasteiger partial charge in [-0.05, 0) is 42.3 Å². The molecule has 0 saturated heterocycles. The third-order valence-corrected chi connectivity index (χ3v) is 4.98. The van der Waals surface area contributed by atoms with Crippen LogP contribution < -0.4 is 16.4 Å². The normalized spacial score (nSPS) is 13.4. The summed E-state index contributed by atoms with van der Waals surface area (Å²) in [6, 6.07) is 7.31. The fourth-order valence-electron chi connectivity index (χ4n) is 3.52. The number of nitrogens with zero attached hydrogens (tertiary/aromatic N) is 3. The number of rotatable bonds is 3.